The Labute approximate surface area is 164 Å². The van der Waals surface area contributed by atoms with Gasteiger partial charge in [0.2, 0.25) is 5.91 Å². The summed E-state index contributed by atoms with van der Waals surface area (Å²) < 4.78 is 19.9. The zero-order valence-electron chi connectivity index (χ0n) is 14.9. The van der Waals surface area contributed by atoms with Crippen molar-refractivity contribution >= 4 is 49.7 Å². The minimum absolute atomic E-state index is 0.0447. The fourth-order valence-corrected chi connectivity index (χ4v) is 4.38. The van der Waals surface area contributed by atoms with Crippen molar-refractivity contribution in [3.63, 3.8) is 0 Å². The van der Waals surface area contributed by atoms with Crippen LogP contribution < -0.4 is 10.2 Å². The first-order valence-corrected chi connectivity index (χ1v) is 9.95. The van der Waals surface area contributed by atoms with E-state index in [1.807, 2.05) is 24.3 Å². The van der Waals surface area contributed by atoms with Gasteiger partial charge in [0.1, 0.15) is 11.3 Å². The van der Waals surface area contributed by atoms with Gasteiger partial charge in [-0.05, 0) is 43.2 Å². The van der Waals surface area contributed by atoms with E-state index in [1.54, 1.807) is 6.07 Å². The summed E-state index contributed by atoms with van der Waals surface area (Å²) in [5.74, 6) is -0.443. The zero-order chi connectivity index (χ0) is 19.1. The summed E-state index contributed by atoms with van der Waals surface area (Å²) >= 11 is 1.29. The molecule has 0 spiro atoms. The van der Waals surface area contributed by atoms with Gasteiger partial charge in [0, 0.05) is 19.0 Å². The number of rotatable bonds is 3. The van der Waals surface area contributed by atoms with E-state index in [0.717, 1.165) is 15.8 Å². The lowest BCUT2D eigenvalue weighted by Crippen LogP contribution is -2.38. The fraction of sp³-hybridized carbons (Fsp3) is 0.250. The monoisotopic (exact) mass is 396 g/mol. The number of piperidine rings is 1. The molecule has 2 aromatic heterocycles. The summed E-state index contributed by atoms with van der Waals surface area (Å²) in [5, 5.41) is 3.39. The van der Waals surface area contributed by atoms with Gasteiger partial charge in [-0.15, -0.1) is 0 Å². The van der Waals surface area contributed by atoms with Crippen LogP contribution >= 0.6 is 11.3 Å². The third-order valence-corrected chi connectivity index (χ3v) is 5.93. The average molecular weight is 396 g/mol. The molecule has 0 saturated carbocycles. The van der Waals surface area contributed by atoms with Crippen LogP contribution in [0.25, 0.3) is 21.3 Å². The van der Waals surface area contributed by atoms with Crippen LogP contribution in [0.5, 0.6) is 0 Å². The molecule has 1 aliphatic heterocycles. The number of nitrogens with one attached hydrogen (secondary N) is 1. The van der Waals surface area contributed by atoms with Crippen molar-refractivity contribution in [2.45, 2.75) is 12.8 Å². The third kappa shape index (κ3) is 3.20. The predicted molar refractivity (Wildman–Crippen MR) is 107 cm³/mol. The molecule has 28 heavy (non-hydrogen) atoms. The smallest absolute Gasteiger partial charge is 0.298 e. The normalized spacial score (nSPS) is 15.4. The number of fused-ring (bicyclic) bond motifs is 2. The maximum atomic E-state index is 13.3. The number of halogens is 1. The highest BCUT2D eigenvalue weighted by atomic mass is 32.1. The molecule has 0 bridgehead atoms. The highest BCUT2D eigenvalue weighted by molar-refractivity contribution is 7.22. The summed E-state index contributed by atoms with van der Waals surface area (Å²) in [4.78, 5) is 23.6. The standard InChI is InChI=1S/C20H17FN4O2S/c21-13-5-6-15-17(11-13)28-19(22-15)24-18(26)12-7-9-25(10-8-12)20-23-14-3-1-2-4-16(14)27-20/h1-6,11-12H,7-10H2,(H,22,24,26). The van der Waals surface area contributed by atoms with Crippen LogP contribution in [0.1, 0.15) is 12.8 Å². The van der Waals surface area contributed by atoms with Crippen LogP contribution in [0.15, 0.2) is 46.9 Å². The Balaban J connectivity index is 1.23. The minimum atomic E-state index is -0.305. The molecule has 0 unspecified atom stereocenters. The van der Waals surface area contributed by atoms with Crippen molar-refractivity contribution in [1.82, 2.24) is 9.97 Å². The Bertz CT molecular complexity index is 1130. The molecular formula is C20H17FN4O2S. The SMILES string of the molecule is O=C(Nc1nc2ccc(F)cc2s1)C1CCN(c2nc3ccccc3o2)CC1. The Morgan fingerprint density at radius 1 is 1.14 bits per heavy atom. The molecule has 1 aliphatic rings. The lowest BCUT2D eigenvalue weighted by molar-refractivity contribution is -0.120. The van der Waals surface area contributed by atoms with E-state index >= 15 is 0 Å². The van der Waals surface area contributed by atoms with Crippen molar-refractivity contribution in [3.8, 4) is 0 Å². The van der Waals surface area contributed by atoms with Crippen molar-refractivity contribution in [2.75, 3.05) is 23.3 Å². The number of hydrogen-bond acceptors (Lipinski definition) is 6. The second-order valence-electron chi connectivity index (χ2n) is 6.85. The van der Waals surface area contributed by atoms with Gasteiger partial charge in [-0.2, -0.15) is 4.98 Å². The Kier molecular flexibility index (Phi) is 4.20. The Morgan fingerprint density at radius 3 is 2.79 bits per heavy atom. The number of thiazole rings is 1. The molecule has 2 aromatic carbocycles. The van der Waals surface area contributed by atoms with Crippen molar-refractivity contribution < 1.29 is 13.6 Å². The lowest BCUT2D eigenvalue weighted by atomic mass is 9.96. The van der Waals surface area contributed by atoms with Crippen LogP contribution in [0.4, 0.5) is 15.5 Å². The topological polar surface area (TPSA) is 71.3 Å². The van der Waals surface area contributed by atoms with E-state index in [4.69, 9.17) is 4.42 Å². The lowest BCUT2D eigenvalue weighted by Gasteiger charge is -2.29. The summed E-state index contributed by atoms with van der Waals surface area (Å²) in [6.07, 6.45) is 1.42. The number of amides is 1. The second kappa shape index (κ2) is 6.87. The highest BCUT2D eigenvalue weighted by Crippen LogP contribution is 2.29. The molecule has 0 aliphatic carbocycles. The second-order valence-corrected chi connectivity index (χ2v) is 7.88. The van der Waals surface area contributed by atoms with E-state index in [-0.39, 0.29) is 17.6 Å². The van der Waals surface area contributed by atoms with Gasteiger partial charge in [-0.3, -0.25) is 4.79 Å². The van der Waals surface area contributed by atoms with E-state index in [1.165, 1.54) is 23.5 Å². The van der Waals surface area contributed by atoms with Gasteiger partial charge in [0.25, 0.3) is 6.01 Å². The number of oxazole rings is 1. The molecule has 0 radical (unpaired) electrons. The van der Waals surface area contributed by atoms with Crippen LogP contribution in [0.3, 0.4) is 0 Å². The highest BCUT2D eigenvalue weighted by Gasteiger charge is 2.27. The molecule has 1 saturated heterocycles. The first-order chi connectivity index (χ1) is 13.7. The quantitative estimate of drug-likeness (QED) is 0.555. The fourth-order valence-electron chi connectivity index (χ4n) is 3.49. The first-order valence-electron chi connectivity index (χ1n) is 9.13. The van der Waals surface area contributed by atoms with Gasteiger partial charge < -0.3 is 14.6 Å². The number of para-hydroxylation sites is 2. The molecule has 8 heteroatoms. The molecule has 142 valence electrons. The number of aromatic nitrogens is 2. The summed E-state index contributed by atoms with van der Waals surface area (Å²) in [6.45, 7) is 1.41. The average Bonchev–Trinajstić information content (AvgIpc) is 3.31. The Morgan fingerprint density at radius 2 is 1.96 bits per heavy atom. The molecule has 5 rings (SSSR count). The summed E-state index contributed by atoms with van der Waals surface area (Å²) in [5.41, 5.74) is 2.29. The number of hydrogen-bond donors (Lipinski definition) is 1. The van der Waals surface area contributed by atoms with Gasteiger partial charge >= 0.3 is 0 Å². The minimum Gasteiger partial charge on any atom is -0.423 e. The largest absolute Gasteiger partial charge is 0.423 e. The van der Waals surface area contributed by atoms with Crippen molar-refractivity contribution in [2.24, 2.45) is 5.92 Å². The van der Waals surface area contributed by atoms with Gasteiger partial charge in [-0.25, -0.2) is 9.37 Å². The van der Waals surface area contributed by atoms with E-state index in [9.17, 15) is 9.18 Å². The molecule has 1 amide bonds. The maximum absolute atomic E-state index is 13.3. The van der Waals surface area contributed by atoms with E-state index in [0.29, 0.717) is 42.6 Å². The molecule has 1 N–H and O–H groups in total. The Hall–Kier alpha value is -3.00. The van der Waals surface area contributed by atoms with Crippen molar-refractivity contribution in [1.29, 1.82) is 0 Å². The molecule has 1 fully saturated rings. The number of nitrogens with zero attached hydrogens (tertiary/aromatic N) is 3. The first kappa shape index (κ1) is 17.1. The van der Waals surface area contributed by atoms with Gasteiger partial charge in [0.05, 0.1) is 10.2 Å². The number of anilines is 2. The molecule has 3 heterocycles. The van der Waals surface area contributed by atoms with Crippen LogP contribution in [-0.4, -0.2) is 29.0 Å². The third-order valence-electron chi connectivity index (χ3n) is 5.00. The van der Waals surface area contributed by atoms with E-state index in [2.05, 4.69) is 20.2 Å². The van der Waals surface area contributed by atoms with Gasteiger partial charge in [0.15, 0.2) is 10.7 Å². The zero-order valence-corrected chi connectivity index (χ0v) is 15.7. The van der Waals surface area contributed by atoms with Crippen molar-refractivity contribution in [3.05, 3.63) is 48.3 Å². The summed E-state index contributed by atoms with van der Waals surface area (Å²) in [7, 11) is 0. The molecular weight excluding hydrogens is 379 g/mol. The molecule has 0 atom stereocenters. The maximum Gasteiger partial charge on any atom is 0.298 e. The van der Waals surface area contributed by atoms with E-state index < -0.39 is 0 Å². The summed E-state index contributed by atoms with van der Waals surface area (Å²) in [6, 6.07) is 12.7. The number of carbonyl (C=O) groups excluding carboxylic acids is 1. The predicted octanol–water partition coefficient (Wildman–Crippen LogP) is 4.43. The number of carbonyl (C=O) groups is 1. The van der Waals surface area contributed by atoms with Crippen LogP contribution in [0.2, 0.25) is 0 Å². The van der Waals surface area contributed by atoms with Gasteiger partial charge in [-0.1, -0.05) is 23.5 Å². The molecule has 4 aromatic rings. The van der Waals surface area contributed by atoms with Crippen LogP contribution in [0, 0.1) is 11.7 Å². The molecule has 6 nitrogen and oxygen atoms in total. The van der Waals surface area contributed by atoms with Crippen LogP contribution in [-0.2, 0) is 4.79 Å². The number of benzene rings is 2.